The van der Waals surface area contributed by atoms with Gasteiger partial charge in [0.25, 0.3) is 5.56 Å². The Hall–Kier alpha value is -2.64. The highest BCUT2D eigenvalue weighted by Gasteiger charge is 2.09. The lowest BCUT2D eigenvalue weighted by atomic mass is 10.2. The van der Waals surface area contributed by atoms with Gasteiger partial charge in [0.05, 0.1) is 33.9 Å². The summed E-state index contributed by atoms with van der Waals surface area (Å²) in [5.41, 5.74) is 0.871. The van der Waals surface area contributed by atoms with Gasteiger partial charge in [-0.1, -0.05) is 29.3 Å². The van der Waals surface area contributed by atoms with Crippen LogP contribution >= 0.6 is 23.2 Å². The van der Waals surface area contributed by atoms with E-state index in [1.165, 1.54) is 23.2 Å². The molecule has 7 nitrogen and oxygen atoms in total. The molecule has 3 aromatic rings. The molecule has 2 heterocycles. The first-order valence-corrected chi connectivity index (χ1v) is 7.49. The number of fused-ring (bicyclic) bond motifs is 1. The van der Waals surface area contributed by atoms with Crippen LogP contribution in [0.3, 0.4) is 0 Å². The SMILES string of the molecule is O=C(O)Nc1cnc2ncn(Cc3ccc(Cl)c(Cl)c3)c(=O)c2c1. The maximum absolute atomic E-state index is 12.6. The molecular formula is C15H10Cl2N4O3. The summed E-state index contributed by atoms with van der Waals surface area (Å²) < 4.78 is 1.38. The largest absolute Gasteiger partial charge is 0.465 e. The fourth-order valence-corrected chi connectivity index (χ4v) is 2.51. The van der Waals surface area contributed by atoms with Crippen LogP contribution in [0.5, 0.6) is 0 Å². The molecule has 0 aliphatic rings. The smallest absolute Gasteiger partial charge is 0.409 e. The van der Waals surface area contributed by atoms with Crippen molar-refractivity contribution in [3.8, 4) is 0 Å². The normalized spacial score (nSPS) is 10.8. The van der Waals surface area contributed by atoms with Crippen molar-refractivity contribution in [2.45, 2.75) is 6.54 Å². The van der Waals surface area contributed by atoms with E-state index < -0.39 is 6.09 Å². The van der Waals surface area contributed by atoms with Gasteiger partial charge in [0.2, 0.25) is 0 Å². The third-order valence-corrected chi connectivity index (χ3v) is 4.00. The Morgan fingerprint density at radius 3 is 2.71 bits per heavy atom. The molecule has 3 rings (SSSR count). The van der Waals surface area contributed by atoms with Crippen molar-refractivity contribution in [1.82, 2.24) is 14.5 Å². The zero-order chi connectivity index (χ0) is 17.3. The molecule has 1 aromatic carbocycles. The monoisotopic (exact) mass is 364 g/mol. The first-order valence-electron chi connectivity index (χ1n) is 6.73. The molecule has 2 aromatic heterocycles. The number of hydrogen-bond acceptors (Lipinski definition) is 4. The highest BCUT2D eigenvalue weighted by molar-refractivity contribution is 6.42. The number of nitrogens with one attached hydrogen (secondary N) is 1. The van der Waals surface area contributed by atoms with E-state index in [1.807, 2.05) is 0 Å². The Balaban J connectivity index is 2.02. The third kappa shape index (κ3) is 3.32. The van der Waals surface area contributed by atoms with Crippen molar-refractivity contribution < 1.29 is 9.90 Å². The zero-order valence-electron chi connectivity index (χ0n) is 12.0. The maximum atomic E-state index is 12.6. The molecular weight excluding hydrogens is 355 g/mol. The van der Waals surface area contributed by atoms with Gasteiger partial charge in [0.1, 0.15) is 6.33 Å². The molecule has 0 saturated carbocycles. The van der Waals surface area contributed by atoms with E-state index in [9.17, 15) is 9.59 Å². The van der Waals surface area contributed by atoms with E-state index in [1.54, 1.807) is 18.2 Å². The summed E-state index contributed by atoms with van der Waals surface area (Å²) in [6.07, 6.45) is 1.44. The Labute approximate surface area is 145 Å². The second-order valence-corrected chi connectivity index (χ2v) is 5.77. The van der Waals surface area contributed by atoms with Crippen LogP contribution in [-0.4, -0.2) is 25.7 Å². The molecule has 122 valence electrons. The number of aromatic nitrogens is 3. The molecule has 24 heavy (non-hydrogen) atoms. The average Bonchev–Trinajstić information content (AvgIpc) is 2.53. The van der Waals surface area contributed by atoms with Crippen molar-refractivity contribution in [1.29, 1.82) is 0 Å². The molecule has 0 aliphatic carbocycles. The molecule has 0 unspecified atom stereocenters. The Morgan fingerprint density at radius 2 is 2.00 bits per heavy atom. The van der Waals surface area contributed by atoms with Crippen molar-refractivity contribution in [3.05, 3.63) is 62.8 Å². The second kappa shape index (κ2) is 6.46. The van der Waals surface area contributed by atoms with Crippen molar-refractivity contribution >= 4 is 46.0 Å². The number of amides is 1. The number of benzene rings is 1. The first-order chi connectivity index (χ1) is 11.4. The summed E-state index contributed by atoms with van der Waals surface area (Å²) in [7, 11) is 0. The summed E-state index contributed by atoms with van der Waals surface area (Å²) >= 11 is 11.9. The summed E-state index contributed by atoms with van der Waals surface area (Å²) in [4.78, 5) is 31.4. The minimum absolute atomic E-state index is 0.196. The number of carboxylic acid groups (broad SMARTS) is 1. The van der Waals surface area contributed by atoms with Gasteiger partial charge in [-0.3, -0.25) is 14.7 Å². The maximum Gasteiger partial charge on any atom is 0.409 e. The lowest BCUT2D eigenvalue weighted by Gasteiger charge is -2.08. The van der Waals surface area contributed by atoms with Gasteiger partial charge in [0.15, 0.2) is 5.65 Å². The lowest BCUT2D eigenvalue weighted by Crippen LogP contribution is -2.22. The number of anilines is 1. The fourth-order valence-electron chi connectivity index (χ4n) is 2.19. The van der Waals surface area contributed by atoms with Crippen LogP contribution in [0.2, 0.25) is 10.0 Å². The average molecular weight is 365 g/mol. The third-order valence-electron chi connectivity index (χ3n) is 3.27. The van der Waals surface area contributed by atoms with Crippen LogP contribution in [0, 0.1) is 0 Å². The molecule has 0 aliphatic heterocycles. The predicted molar refractivity (Wildman–Crippen MR) is 91.0 cm³/mol. The van der Waals surface area contributed by atoms with Crippen LogP contribution in [0.4, 0.5) is 10.5 Å². The Kier molecular flexibility index (Phi) is 4.37. The topological polar surface area (TPSA) is 97.1 Å². The second-order valence-electron chi connectivity index (χ2n) is 4.95. The lowest BCUT2D eigenvalue weighted by molar-refractivity contribution is 0.209. The van der Waals surface area contributed by atoms with Crippen LogP contribution in [-0.2, 0) is 6.54 Å². The minimum Gasteiger partial charge on any atom is -0.465 e. The molecule has 0 fully saturated rings. The Bertz CT molecular complexity index is 1000. The zero-order valence-corrected chi connectivity index (χ0v) is 13.5. The van der Waals surface area contributed by atoms with Gasteiger partial charge in [-0.05, 0) is 23.8 Å². The number of nitrogens with zero attached hydrogens (tertiary/aromatic N) is 3. The minimum atomic E-state index is -1.24. The van der Waals surface area contributed by atoms with E-state index >= 15 is 0 Å². The van der Waals surface area contributed by atoms with Gasteiger partial charge in [0, 0.05) is 0 Å². The van der Waals surface area contributed by atoms with Crippen LogP contribution in [0.1, 0.15) is 5.56 Å². The molecule has 0 bridgehead atoms. The number of pyridine rings is 1. The summed E-state index contributed by atoms with van der Waals surface area (Å²) in [6, 6.07) is 6.47. The highest BCUT2D eigenvalue weighted by atomic mass is 35.5. The summed E-state index contributed by atoms with van der Waals surface area (Å²) in [6.45, 7) is 0.245. The van der Waals surface area contributed by atoms with E-state index in [0.717, 1.165) is 5.56 Å². The van der Waals surface area contributed by atoms with Crippen LogP contribution in [0.15, 0.2) is 41.6 Å². The van der Waals surface area contributed by atoms with E-state index in [0.29, 0.717) is 10.0 Å². The molecule has 0 saturated heterocycles. The van der Waals surface area contributed by atoms with Gasteiger partial charge in [-0.2, -0.15) is 0 Å². The standard InChI is InChI=1S/C15H10Cl2N4O3/c16-11-2-1-8(3-12(11)17)6-21-7-19-13-10(14(21)22)4-9(5-18-13)20-15(23)24/h1-5,7,20H,6H2,(H,23,24). The van der Waals surface area contributed by atoms with Gasteiger partial charge >= 0.3 is 6.09 Å². The van der Waals surface area contributed by atoms with Crippen molar-refractivity contribution in [2.24, 2.45) is 0 Å². The van der Waals surface area contributed by atoms with Gasteiger partial charge < -0.3 is 5.11 Å². The van der Waals surface area contributed by atoms with Gasteiger partial charge in [-0.15, -0.1) is 0 Å². The number of carbonyl (C=O) groups is 1. The molecule has 9 heteroatoms. The number of halogens is 2. The first kappa shape index (κ1) is 16.2. The molecule has 0 atom stereocenters. The Morgan fingerprint density at radius 1 is 1.21 bits per heavy atom. The quantitative estimate of drug-likeness (QED) is 0.743. The van der Waals surface area contributed by atoms with Crippen LogP contribution < -0.4 is 10.9 Å². The van der Waals surface area contributed by atoms with E-state index in [4.69, 9.17) is 28.3 Å². The molecule has 1 amide bonds. The van der Waals surface area contributed by atoms with Crippen LogP contribution in [0.25, 0.3) is 11.0 Å². The van der Waals surface area contributed by atoms with Crippen molar-refractivity contribution in [3.63, 3.8) is 0 Å². The number of hydrogen-bond donors (Lipinski definition) is 2. The molecule has 2 N–H and O–H groups in total. The van der Waals surface area contributed by atoms with E-state index in [-0.39, 0.29) is 28.8 Å². The van der Waals surface area contributed by atoms with Gasteiger partial charge in [-0.25, -0.2) is 14.8 Å². The van der Waals surface area contributed by atoms with Crippen molar-refractivity contribution in [2.75, 3.05) is 5.32 Å². The number of rotatable bonds is 3. The fraction of sp³-hybridized carbons (Fsp3) is 0.0667. The summed E-state index contributed by atoms with van der Waals surface area (Å²) in [5, 5.41) is 11.9. The molecule has 0 spiro atoms. The van der Waals surface area contributed by atoms with E-state index in [2.05, 4.69) is 15.3 Å². The predicted octanol–water partition coefficient (Wildman–Crippen LogP) is 3.24. The molecule has 0 radical (unpaired) electrons. The highest BCUT2D eigenvalue weighted by Crippen LogP contribution is 2.22. The summed E-state index contributed by atoms with van der Waals surface area (Å²) in [5.74, 6) is 0.